The van der Waals surface area contributed by atoms with Crippen LogP contribution in [0.1, 0.15) is 24.0 Å². The molecule has 0 aromatic heterocycles. The van der Waals surface area contributed by atoms with E-state index in [4.69, 9.17) is 5.73 Å². The minimum atomic E-state index is 0.0839. The average molecular weight is 273 g/mol. The fraction of sp³-hybridized carbons (Fsp3) is 0.562. The highest BCUT2D eigenvalue weighted by atomic mass is 16.2. The maximum atomic E-state index is 12.1. The minimum Gasteiger partial charge on any atom is -0.330 e. The molecule has 1 fully saturated rings. The van der Waals surface area contributed by atoms with E-state index in [1.807, 2.05) is 6.07 Å². The number of rotatable bonds is 4. The quantitative estimate of drug-likeness (QED) is 0.871. The molecule has 1 amide bonds. The van der Waals surface area contributed by atoms with Gasteiger partial charge in [-0.2, -0.15) is 0 Å². The number of nitrogens with zero attached hydrogens (tertiary/aromatic N) is 1. The fourth-order valence-electron chi connectivity index (χ4n) is 3.30. The lowest BCUT2D eigenvalue weighted by Crippen LogP contribution is -2.32. The van der Waals surface area contributed by atoms with Crippen LogP contribution in [-0.4, -0.2) is 37.0 Å². The molecule has 3 N–H and O–H groups in total. The number of carbonyl (C=O) groups is 1. The van der Waals surface area contributed by atoms with Gasteiger partial charge in [-0.3, -0.25) is 9.69 Å². The number of nitrogens with one attached hydrogen (secondary N) is 1. The molecule has 1 aromatic rings. The van der Waals surface area contributed by atoms with Crippen molar-refractivity contribution in [3.05, 3.63) is 29.3 Å². The second-order valence-corrected chi connectivity index (χ2v) is 6.01. The van der Waals surface area contributed by atoms with Crippen LogP contribution < -0.4 is 11.1 Å². The first-order valence-electron chi connectivity index (χ1n) is 7.58. The number of fused-ring (bicyclic) bond motifs is 1. The highest BCUT2D eigenvalue weighted by Crippen LogP contribution is 2.25. The number of anilines is 1. The molecule has 4 nitrogen and oxygen atoms in total. The number of hydrogen-bond donors (Lipinski definition) is 2. The zero-order valence-electron chi connectivity index (χ0n) is 11.9. The summed E-state index contributed by atoms with van der Waals surface area (Å²) >= 11 is 0. The molecule has 1 aliphatic heterocycles. The van der Waals surface area contributed by atoms with Gasteiger partial charge in [-0.1, -0.05) is 6.07 Å². The minimum absolute atomic E-state index is 0.0839. The first-order chi connectivity index (χ1) is 9.74. The summed E-state index contributed by atoms with van der Waals surface area (Å²) in [7, 11) is 0. The lowest BCUT2D eigenvalue weighted by molar-refractivity contribution is -0.117. The number of nitrogens with two attached hydrogens (primary N) is 1. The van der Waals surface area contributed by atoms with Gasteiger partial charge < -0.3 is 11.1 Å². The van der Waals surface area contributed by atoms with Crippen LogP contribution in [0.25, 0.3) is 0 Å². The zero-order chi connectivity index (χ0) is 13.9. The number of hydrogen-bond acceptors (Lipinski definition) is 3. The van der Waals surface area contributed by atoms with Crippen molar-refractivity contribution in [3.63, 3.8) is 0 Å². The lowest BCUT2D eigenvalue weighted by atomic mass is 10.1. The second-order valence-electron chi connectivity index (χ2n) is 6.01. The predicted octanol–water partition coefficient (Wildman–Crippen LogP) is 1.39. The summed E-state index contributed by atoms with van der Waals surface area (Å²) in [5.41, 5.74) is 9.44. The summed E-state index contributed by atoms with van der Waals surface area (Å²) in [6.07, 6.45) is 4.67. The molecule has 0 spiro atoms. The Bertz CT molecular complexity index is 500. The predicted molar refractivity (Wildman–Crippen MR) is 80.7 cm³/mol. The van der Waals surface area contributed by atoms with Crippen molar-refractivity contribution >= 4 is 11.6 Å². The van der Waals surface area contributed by atoms with Crippen LogP contribution >= 0.6 is 0 Å². The van der Waals surface area contributed by atoms with Gasteiger partial charge >= 0.3 is 0 Å². The topological polar surface area (TPSA) is 58.4 Å². The zero-order valence-corrected chi connectivity index (χ0v) is 11.9. The third kappa shape index (κ3) is 3.02. The number of likely N-dealkylation sites (tertiary alicyclic amines) is 1. The number of carbonyl (C=O) groups excluding carboxylic acids is 1. The van der Waals surface area contributed by atoms with E-state index in [-0.39, 0.29) is 5.91 Å². The summed E-state index contributed by atoms with van der Waals surface area (Å²) in [5.74, 6) is 0.642. The van der Waals surface area contributed by atoms with Crippen molar-refractivity contribution in [2.45, 2.75) is 25.7 Å². The Labute approximate surface area is 120 Å². The Balaban J connectivity index is 1.54. The summed E-state index contributed by atoms with van der Waals surface area (Å²) in [4.78, 5) is 14.3. The monoisotopic (exact) mass is 273 g/mol. The van der Waals surface area contributed by atoms with Gasteiger partial charge in [0.05, 0.1) is 6.54 Å². The first-order valence-corrected chi connectivity index (χ1v) is 7.58. The smallest absolute Gasteiger partial charge is 0.238 e. The van der Waals surface area contributed by atoms with Gasteiger partial charge in [0.25, 0.3) is 0 Å². The van der Waals surface area contributed by atoms with Crippen LogP contribution in [0, 0.1) is 5.92 Å². The lowest BCUT2D eigenvalue weighted by Gasteiger charge is -2.15. The van der Waals surface area contributed by atoms with Gasteiger partial charge in [-0.15, -0.1) is 0 Å². The van der Waals surface area contributed by atoms with E-state index >= 15 is 0 Å². The van der Waals surface area contributed by atoms with E-state index in [9.17, 15) is 4.79 Å². The van der Waals surface area contributed by atoms with Gasteiger partial charge in [0.15, 0.2) is 0 Å². The molecule has 1 aromatic carbocycles. The Hall–Kier alpha value is -1.39. The summed E-state index contributed by atoms with van der Waals surface area (Å²) in [6.45, 7) is 3.14. The molecule has 0 saturated carbocycles. The Kier molecular flexibility index (Phi) is 4.03. The van der Waals surface area contributed by atoms with Crippen LogP contribution in [0.5, 0.6) is 0 Å². The molecule has 108 valence electrons. The molecule has 20 heavy (non-hydrogen) atoms. The van der Waals surface area contributed by atoms with Crippen molar-refractivity contribution in [1.82, 2.24) is 4.90 Å². The van der Waals surface area contributed by atoms with E-state index in [0.717, 1.165) is 38.2 Å². The number of amides is 1. The summed E-state index contributed by atoms with van der Waals surface area (Å²) < 4.78 is 0. The van der Waals surface area contributed by atoms with Gasteiger partial charge in [0.2, 0.25) is 5.91 Å². The molecule has 0 bridgehead atoms. The first kappa shape index (κ1) is 13.6. The third-order valence-corrected chi connectivity index (χ3v) is 4.45. The van der Waals surface area contributed by atoms with E-state index in [1.54, 1.807) is 0 Å². The molecule has 1 aliphatic carbocycles. The molecular weight excluding hydrogens is 250 g/mol. The molecule has 0 radical (unpaired) electrons. The highest BCUT2D eigenvalue weighted by Gasteiger charge is 2.22. The maximum absolute atomic E-state index is 12.1. The largest absolute Gasteiger partial charge is 0.330 e. The van der Waals surface area contributed by atoms with E-state index in [2.05, 4.69) is 22.3 Å². The number of benzene rings is 1. The average Bonchev–Trinajstić information content (AvgIpc) is 3.06. The molecule has 1 saturated heterocycles. The molecule has 3 rings (SSSR count). The SMILES string of the molecule is NCC1CCN(CC(=O)Nc2ccc3c(c2)CCC3)C1. The van der Waals surface area contributed by atoms with Crippen molar-refractivity contribution in [3.8, 4) is 0 Å². The Morgan fingerprint density at radius 1 is 1.35 bits per heavy atom. The molecule has 2 aliphatic rings. The Morgan fingerprint density at radius 3 is 3.00 bits per heavy atom. The van der Waals surface area contributed by atoms with Gasteiger partial charge in [-0.25, -0.2) is 0 Å². The maximum Gasteiger partial charge on any atom is 0.238 e. The molecule has 1 heterocycles. The number of aryl methyl sites for hydroxylation is 2. The highest BCUT2D eigenvalue weighted by molar-refractivity contribution is 5.92. The standard InChI is InChI=1S/C16H23N3O/c17-9-12-6-7-19(10-12)11-16(20)18-15-5-4-13-2-1-3-14(13)8-15/h4-5,8,12H,1-3,6-7,9-11,17H2,(H,18,20). The normalized spacial score (nSPS) is 21.9. The van der Waals surface area contributed by atoms with Crippen LogP contribution in [0.15, 0.2) is 18.2 Å². The van der Waals surface area contributed by atoms with Crippen molar-refractivity contribution in [2.75, 3.05) is 31.5 Å². The second kappa shape index (κ2) is 5.94. The van der Waals surface area contributed by atoms with E-state index in [1.165, 1.54) is 24.0 Å². The Morgan fingerprint density at radius 2 is 2.20 bits per heavy atom. The summed E-state index contributed by atoms with van der Waals surface area (Å²) in [5, 5.41) is 3.02. The van der Waals surface area contributed by atoms with Crippen molar-refractivity contribution < 1.29 is 4.79 Å². The van der Waals surface area contributed by atoms with Gasteiger partial charge in [-0.05, 0) is 68.0 Å². The molecule has 4 heteroatoms. The third-order valence-electron chi connectivity index (χ3n) is 4.45. The van der Waals surface area contributed by atoms with Crippen molar-refractivity contribution in [1.29, 1.82) is 0 Å². The van der Waals surface area contributed by atoms with Crippen LogP contribution in [-0.2, 0) is 17.6 Å². The van der Waals surface area contributed by atoms with Crippen LogP contribution in [0.3, 0.4) is 0 Å². The van der Waals surface area contributed by atoms with Crippen molar-refractivity contribution in [2.24, 2.45) is 11.7 Å². The summed E-state index contributed by atoms with van der Waals surface area (Å²) in [6, 6.07) is 6.31. The molecular formula is C16H23N3O. The van der Waals surface area contributed by atoms with Crippen LogP contribution in [0.2, 0.25) is 0 Å². The van der Waals surface area contributed by atoms with E-state index < -0.39 is 0 Å². The van der Waals surface area contributed by atoms with E-state index in [0.29, 0.717) is 12.5 Å². The molecule has 1 unspecified atom stereocenters. The van der Waals surface area contributed by atoms with Gasteiger partial charge in [0.1, 0.15) is 0 Å². The van der Waals surface area contributed by atoms with Gasteiger partial charge in [0, 0.05) is 12.2 Å². The van der Waals surface area contributed by atoms with Crippen LogP contribution in [0.4, 0.5) is 5.69 Å². The fourth-order valence-corrected chi connectivity index (χ4v) is 3.30. The molecule has 1 atom stereocenters.